The van der Waals surface area contributed by atoms with Crippen LogP contribution in [0.15, 0.2) is 23.1 Å². The predicted octanol–water partition coefficient (Wildman–Crippen LogP) is 3.14. The molecule has 1 fully saturated rings. The Labute approximate surface area is 114 Å². The third-order valence-corrected chi connectivity index (χ3v) is 5.17. The van der Waals surface area contributed by atoms with Crippen molar-refractivity contribution in [2.45, 2.75) is 23.9 Å². The topological polar surface area (TPSA) is 37.4 Å². The molecule has 0 N–H and O–H groups in total. The monoisotopic (exact) mass is 313 g/mol. The zero-order chi connectivity index (χ0) is 14.3. The number of nitrogens with zero attached hydrogens (tertiary/aromatic N) is 1. The van der Waals surface area contributed by atoms with Gasteiger partial charge in [-0.3, -0.25) is 0 Å². The molecule has 1 saturated heterocycles. The van der Waals surface area contributed by atoms with Gasteiger partial charge in [0.25, 0.3) is 0 Å². The Morgan fingerprint density at radius 1 is 1.16 bits per heavy atom. The number of alkyl halides is 3. The Morgan fingerprint density at radius 2 is 1.74 bits per heavy atom. The maximum atomic E-state index is 12.7. The molecule has 0 aliphatic carbocycles. The zero-order valence-corrected chi connectivity index (χ0v) is 11.3. The van der Waals surface area contributed by atoms with Crippen LogP contribution >= 0.6 is 11.6 Å². The van der Waals surface area contributed by atoms with E-state index in [1.807, 2.05) is 0 Å². The third kappa shape index (κ3) is 2.88. The van der Waals surface area contributed by atoms with Crippen molar-refractivity contribution in [3.63, 3.8) is 0 Å². The first kappa shape index (κ1) is 14.6. The smallest absolute Gasteiger partial charge is 0.207 e. The number of benzene rings is 1. The van der Waals surface area contributed by atoms with Crippen molar-refractivity contribution in [2.24, 2.45) is 0 Å². The van der Waals surface area contributed by atoms with Gasteiger partial charge in [-0.25, -0.2) is 8.42 Å². The summed E-state index contributed by atoms with van der Waals surface area (Å²) in [5.41, 5.74) is -1.13. The molecule has 0 radical (unpaired) electrons. The SMILES string of the molecule is O=S(=O)(c1ccc(Cl)c(C(F)(F)F)c1)N1CCCC1. The van der Waals surface area contributed by atoms with Crippen LogP contribution in [0.3, 0.4) is 0 Å². The molecule has 2 rings (SSSR count). The number of hydrogen-bond acceptors (Lipinski definition) is 2. The molecule has 8 heteroatoms. The predicted molar refractivity (Wildman–Crippen MR) is 64.4 cm³/mol. The van der Waals surface area contributed by atoms with Crippen molar-refractivity contribution in [3.8, 4) is 0 Å². The highest BCUT2D eigenvalue weighted by Crippen LogP contribution is 2.36. The van der Waals surface area contributed by atoms with Gasteiger partial charge in [0.05, 0.1) is 15.5 Å². The molecule has 1 aromatic rings. The van der Waals surface area contributed by atoms with Gasteiger partial charge in [-0.2, -0.15) is 17.5 Å². The van der Waals surface area contributed by atoms with Gasteiger partial charge in [-0.15, -0.1) is 0 Å². The Morgan fingerprint density at radius 3 is 2.26 bits per heavy atom. The average molecular weight is 314 g/mol. The first-order valence-electron chi connectivity index (χ1n) is 5.60. The standard InChI is InChI=1S/C11H11ClF3NO2S/c12-10-4-3-8(7-9(10)11(13,14)15)19(17,18)16-5-1-2-6-16/h3-4,7H,1-2,5-6H2. The lowest BCUT2D eigenvalue weighted by atomic mass is 10.2. The number of halogens is 4. The normalized spacial score (nSPS) is 17.9. The molecule has 1 heterocycles. The van der Waals surface area contributed by atoms with E-state index in [1.165, 1.54) is 4.31 Å². The summed E-state index contributed by atoms with van der Waals surface area (Å²) in [5, 5.41) is -0.507. The van der Waals surface area contributed by atoms with Gasteiger partial charge in [0.15, 0.2) is 0 Å². The highest BCUT2D eigenvalue weighted by Gasteiger charge is 2.35. The highest BCUT2D eigenvalue weighted by molar-refractivity contribution is 7.89. The van der Waals surface area contributed by atoms with Crippen LogP contribution in [-0.2, 0) is 16.2 Å². The van der Waals surface area contributed by atoms with Gasteiger partial charge < -0.3 is 0 Å². The zero-order valence-electron chi connectivity index (χ0n) is 9.74. The first-order valence-corrected chi connectivity index (χ1v) is 7.41. The Bertz CT molecular complexity index is 580. The van der Waals surface area contributed by atoms with Crippen molar-refractivity contribution < 1.29 is 21.6 Å². The summed E-state index contributed by atoms with van der Waals surface area (Å²) < 4.78 is 63.6. The van der Waals surface area contributed by atoms with E-state index in [0.717, 1.165) is 25.0 Å². The molecular weight excluding hydrogens is 303 g/mol. The number of sulfonamides is 1. The molecule has 1 aliphatic rings. The van der Waals surface area contributed by atoms with Crippen LogP contribution in [0, 0.1) is 0 Å². The molecule has 1 aliphatic heterocycles. The fraction of sp³-hybridized carbons (Fsp3) is 0.455. The Kier molecular flexibility index (Phi) is 3.81. The molecule has 0 unspecified atom stereocenters. The van der Waals surface area contributed by atoms with Gasteiger partial charge in [-0.05, 0) is 31.0 Å². The molecule has 0 saturated carbocycles. The second-order valence-electron chi connectivity index (χ2n) is 4.25. The van der Waals surface area contributed by atoms with Gasteiger partial charge in [-0.1, -0.05) is 11.6 Å². The van der Waals surface area contributed by atoms with Crippen molar-refractivity contribution in [2.75, 3.05) is 13.1 Å². The lowest BCUT2D eigenvalue weighted by molar-refractivity contribution is -0.137. The van der Waals surface area contributed by atoms with Crippen LogP contribution in [0.1, 0.15) is 18.4 Å². The number of rotatable bonds is 2. The summed E-state index contributed by atoms with van der Waals surface area (Å²) in [6.45, 7) is 0.679. The first-order chi connectivity index (χ1) is 8.73. The lowest BCUT2D eigenvalue weighted by Gasteiger charge is -2.17. The molecular formula is C11H11ClF3NO2S. The minimum absolute atomic E-state index is 0.340. The minimum Gasteiger partial charge on any atom is -0.207 e. The van der Waals surface area contributed by atoms with E-state index in [2.05, 4.69) is 0 Å². The van der Waals surface area contributed by atoms with E-state index < -0.39 is 26.8 Å². The summed E-state index contributed by atoms with van der Waals surface area (Å²) in [6, 6.07) is 2.66. The molecule has 0 atom stereocenters. The quantitative estimate of drug-likeness (QED) is 0.841. The summed E-state index contributed by atoms with van der Waals surface area (Å²) in [7, 11) is -3.86. The van der Waals surface area contributed by atoms with E-state index in [-0.39, 0.29) is 4.90 Å². The van der Waals surface area contributed by atoms with Gasteiger partial charge in [0, 0.05) is 13.1 Å². The van der Waals surface area contributed by atoms with E-state index in [4.69, 9.17) is 11.6 Å². The van der Waals surface area contributed by atoms with Gasteiger partial charge >= 0.3 is 6.18 Å². The molecule has 106 valence electrons. The fourth-order valence-electron chi connectivity index (χ4n) is 1.96. The van der Waals surface area contributed by atoms with Crippen LogP contribution in [0.25, 0.3) is 0 Å². The summed E-state index contributed by atoms with van der Waals surface area (Å²) in [4.78, 5) is -0.369. The van der Waals surface area contributed by atoms with Crippen LogP contribution < -0.4 is 0 Å². The van der Waals surface area contributed by atoms with Crippen LogP contribution in [0.5, 0.6) is 0 Å². The van der Waals surface area contributed by atoms with Crippen LogP contribution in [0.2, 0.25) is 5.02 Å². The molecule has 0 spiro atoms. The lowest BCUT2D eigenvalue weighted by Crippen LogP contribution is -2.28. The van der Waals surface area contributed by atoms with Crippen LogP contribution in [0.4, 0.5) is 13.2 Å². The Balaban J connectivity index is 2.46. The summed E-state index contributed by atoms with van der Waals surface area (Å²) in [6.07, 6.45) is -3.23. The molecule has 1 aromatic carbocycles. The molecule has 19 heavy (non-hydrogen) atoms. The molecule has 0 bridgehead atoms. The van der Waals surface area contributed by atoms with Gasteiger partial charge in [0.1, 0.15) is 0 Å². The minimum atomic E-state index is -4.67. The fourth-order valence-corrected chi connectivity index (χ4v) is 3.73. The van der Waals surface area contributed by atoms with E-state index >= 15 is 0 Å². The molecule has 0 aromatic heterocycles. The molecule has 3 nitrogen and oxygen atoms in total. The average Bonchev–Trinajstić information content (AvgIpc) is 2.81. The third-order valence-electron chi connectivity index (χ3n) is 2.95. The van der Waals surface area contributed by atoms with E-state index in [9.17, 15) is 21.6 Å². The van der Waals surface area contributed by atoms with E-state index in [0.29, 0.717) is 19.2 Å². The molecule has 0 amide bonds. The van der Waals surface area contributed by atoms with Crippen LogP contribution in [-0.4, -0.2) is 25.8 Å². The van der Waals surface area contributed by atoms with Crippen molar-refractivity contribution in [1.82, 2.24) is 4.31 Å². The Hall–Kier alpha value is -0.790. The van der Waals surface area contributed by atoms with Crippen molar-refractivity contribution in [1.29, 1.82) is 0 Å². The highest BCUT2D eigenvalue weighted by atomic mass is 35.5. The van der Waals surface area contributed by atoms with Gasteiger partial charge in [0.2, 0.25) is 10.0 Å². The maximum absolute atomic E-state index is 12.7. The largest absolute Gasteiger partial charge is 0.417 e. The van der Waals surface area contributed by atoms with Crippen molar-refractivity contribution >= 4 is 21.6 Å². The summed E-state index contributed by atoms with van der Waals surface area (Å²) in [5.74, 6) is 0. The maximum Gasteiger partial charge on any atom is 0.417 e. The second-order valence-corrected chi connectivity index (χ2v) is 6.60. The number of hydrogen-bond donors (Lipinski definition) is 0. The summed E-state index contributed by atoms with van der Waals surface area (Å²) >= 11 is 5.46. The second kappa shape index (κ2) is 4.96. The van der Waals surface area contributed by atoms with Crippen molar-refractivity contribution in [3.05, 3.63) is 28.8 Å². The van der Waals surface area contributed by atoms with E-state index in [1.54, 1.807) is 0 Å².